The second kappa shape index (κ2) is 9.78. The van der Waals surface area contributed by atoms with Gasteiger partial charge in [-0.15, -0.1) is 0 Å². The van der Waals surface area contributed by atoms with Gasteiger partial charge in [-0.25, -0.2) is 9.37 Å². The average Bonchev–Trinajstić information content (AvgIpc) is 3.34. The number of carbonyl (C=O) groups is 2. The number of carboxylic acid groups (broad SMARTS) is 1. The van der Waals surface area contributed by atoms with Crippen LogP contribution in [0.2, 0.25) is 0 Å². The molecular formula is C23H24FN5O4. The second-order valence-electron chi connectivity index (χ2n) is 7.86. The fourth-order valence-corrected chi connectivity index (χ4v) is 4.01. The molecule has 1 aromatic carbocycles. The quantitative estimate of drug-likeness (QED) is 0.503. The minimum Gasteiger partial charge on any atom is -0.495 e. The number of ether oxygens (including phenoxy) is 1. The molecule has 0 spiro atoms. The first-order valence-corrected chi connectivity index (χ1v) is 10.5. The van der Waals surface area contributed by atoms with Gasteiger partial charge in [0.25, 0.3) is 5.91 Å². The molecule has 9 nitrogen and oxygen atoms in total. The zero-order chi connectivity index (χ0) is 23.4. The molecule has 0 saturated carbocycles. The topological polar surface area (TPSA) is 120 Å². The summed E-state index contributed by atoms with van der Waals surface area (Å²) in [6.07, 6.45) is 3.17. The number of nitrogens with zero attached hydrogens (tertiary/aromatic N) is 3. The van der Waals surface area contributed by atoms with Crippen LogP contribution in [0.5, 0.6) is 5.75 Å². The number of rotatable bonds is 7. The molecule has 3 aromatic rings. The van der Waals surface area contributed by atoms with Crippen molar-refractivity contribution in [2.75, 3.05) is 32.1 Å². The van der Waals surface area contributed by atoms with Crippen LogP contribution in [0, 0.1) is 5.82 Å². The molecule has 1 aliphatic heterocycles. The fraction of sp³-hybridized carbons (Fsp3) is 0.304. The lowest BCUT2D eigenvalue weighted by atomic mass is 9.89. The van der Waals surface area contributed by atoms with Gasteiger partial charge in [-0.3, -0.25) is 19.6 Å². The largest absolute Gasteiger partial charge is 0.495 e. The van der Waals surface area contributed by atoms with E-state index in [2.05, 4.69) is 20.5 Å². The summed E-state index contributed by atoms with van der Waals surface area (Å²) >= 11 is 0. The summed E-state index contributed by atoms with van der Waals surface area (Å²) in [6.45, 7) is 1.49. The summed E-state index contributed by atoms with van der Waals surface area (Å²) in [6, 6.07) is 9.67. The van der Waals surface area contributed by atoms with Crippen molar-refractivity contribution in [2.24, 2.45) is 0 Å². The lowest BCUT2D eigenvalue weighted by Gasteiger charge is -2.31. The number of methoxy groups -OCH3 is 1. The molecule has 172 valence electrons. The number of hydrogen-bond donors (Lipinski definition) is 3. The molecular weight excluding hydrogens is 429 g/mol. The molecule has 4 rings (SSSR count). The van der Waals surface area contributed by atoms with E-state index in [9.17, 15) is 14.0 Å². The minimum absolute atomic E-state index is 0.0108. The van der Waals surface area contributed by atoms with E-state index < -0.39 is 17.7 Å². The highest BCUT2D eigenvalue weighted by atomic mass is 19.1. The fourth-order valence-electron chi connectivity index (χ4n) is 4.01. The van der Waals surface area contributed by atoms with Gasteiger partial charge in [0.05, 0.1) is 25.0 Å². The van der Waals surface area contributed by atoms with Gasteiger partial charge in [0, 0.05) is 6.20 Å². The molecule has 2 aromatic heterocycles. The Morgan fingerprint density at radius 2 is 2.03 bits per heavy atom. The van der Waals surface area contributed by atoms with Crippen molar-refractivity contribution in [1.82, 2.24) is 20.1 Å². The summed E-state index contributed by atoms with van der Waals surface area (Å²) in [5, 5.41) is 18.2. The number of nitrogens with one attached hydrogen (secondary N) is 2. The number of hydrogen-bond acceptors (Lipinski definition) is 6. The highest BCUT2D eigenvalue weighted by Gasteiger charge is 2.23. The maximum Gasteiger partial charge on any atom is 0.317 e. The first-order chi connectivity index (χ1) is 15.9. The van der Waals surface area contributed by atoms with Gasteiger partial charge in [-0.05, 0) is 67.7 Å². The standard InChI is InChI=1S/C23H24FN5O4/c1-33-20-12-15(14-7-10-29(11-8-14)13-21(30)31)2-4-17(20)27-23(32)19-5-3-16(24)22(26-19)18-6-9-25-28-18/h2-6,9,12,14H,7-8,10-11,13H2,1H3,(H,25,28)(H,27,32)(H,30,31). The molecule has 1 amide bonds. The van der Waals surface area contributed by atoms with Crippen LogP contribution in [0.1, 0.15) is 34.8 Å². The number of amides is 1. The summed E-state index contributed by atoms with van der Waals surface area (Å²) in [5.41, 5.74) is 1.98. The van der Waals surface area contributed by atoms with Gasteiger partial charge < -0.3 is 15.2 Å². The monoisotopic (exact) mass is 453 g/mol. The molecule has 1 aliphatic rings. The molecule has 1 saturated heterocycles. The highest BCUT2D eigenvalue weighted by molar-refractivity contribution is 6.04. The van der Waals surface area contributed by atoms with Crippen LogP contribution in [0.15, 0.2) is 42.6 Å². The van der Waals surface area contributed by atoms with Gasteiger partial charge >= 0.3 is 5.97 Å². The number of halogens is 1. The molecule has 0 aliphatic carbocycles. The van der Waals surface area contributed by atoms with Crippen molar-refractivity contribution in [3.63, 3.8) is 0 Å². The first-order valence-electron chi connectivity index (χ1n) is 10.5. The van der Waals surface area contributed by atoms with E-state index >= 15 is 0 Å². The van der Waals surface area contributed by atoms with E-state index in [4.69, 9.17) is 9.84 Å². The van der Waals surface area contributed by atoms with Crippen LogP contribution in [-0.2, 0) is 4.79 Å². The van der Waals surface area contributed by atoms with Crippen LogP contribution < -0.4 is 10.1 Å². The van der Waals surface area contributed by atoms with Crippen LogP contribution in [0.25, 0.3) is 11.4 Å². The number of aromatic nitrogens is 3. The molecule has 10 heteroatoms. The predicted molar refractivity (Wildman–Crippen MR) is 119 cm³/mol. The number of H-pyrrole nitrogens is 1. The number of pyridine rings is 1. The molecule has 33 heavy (non-hydrogen) atoms. The Balaban J connectivity index is 1.47. The highest BCUT2D eigenvalue weighted by Crippen LogP contribution is 2.34. The van der Waals surface area contributed by atoms with Crippen LogP contribution in [0.4, 0.5) is 10.1 Å². The van der Waals surface area contributed by atoms with Gasteiger partial charge in [-0.1, -0.05) is 6.07 Å². The van der Waals surface area contributed by atoms with Gasteiger partial charge in [0.15, 0.2) is 5.82 Å². The van der Waals surface area contributed by atoms with Crippen LogP contribution in [0.3, 0.4) is 0 Å². The molecule has 0 atom stereocenters. The molecule has 0 radical (unpaired) electrons. The Morgan fingerprint density at radius 3 is 2.70 bits per heavy atom. The molecule has 0 bridgehead atoms. The van der Waals surface area contributed by atoms with E-state index in [1.807, 2.05) is 17.0 Å². The van der Waals surface area contributed by atoms with Gasteiger partial charge in [-0.2, -0.15) is 5.10 Å². The zero-order valence-corrected chi connectivity index (χ0v) is 18.0. The van der Waals surface area contributed by atoms with Crippen molar-refractivity contribution in [2.45, 2.75) is 18.8 Å². The summed E-state index contributed by atoms with van der Waals surface area (Å²) in [5.74, 6) is -1.09. The van der Waals surface area contributed by atoms with Crippen molar-refractivity contribution >= 4 is 17.6 Å². The number of carboxylic acids is 1. The van der Waals surface area contributed by atoms with Crippen molar-refractivity contribution in [3.8, 4) is 17.1 Å². The van der Waals surface area contributed by atoms with E-state index in [0.717, 1.165) is 18.4 Å². The molecule has 3 N–H and O–H groups in total. The molecule has 3 heterocycles. The van der Waals surface area contributed by atoms with Crippen LogP contribution >= 0.6 is 0 Å². The Bertz CT molecular complexity index is 1140. The Morgan fingerprint density at radius 1 is 1.24 bits per heavy atom. The number of aromatic amines is 1. The maximum absolute atomic E-state index is 14.2. The number of piperidine rings is 1. The molecule has 1 fully saturated rings. The summed E-state index contributed by atoms with van der Waals surface area (Å²) in [4.78, 5) is 29.8. The molecule has 0 unspecified atom stereocenters. The van der Waals surface area contributed by atoms with Crippen LogP contribution in [-0.4, -0.2) is 63.8 Å². The summed E-state index contributed by atoms with van der Waals surface area (Å²) in [7, 11) is 1.52. The number of benzene rings is 1. The third kappa shape index (κ3) is 5.17. The van der Waals surface area contributed by atoms with E-state index in [0.29, 0.717) is 30.2 Å². The lowest BCUT2D eigenvalue weighted by molar-refractivity contribution is -0.138. The zero-order valence-electron chi connectivity index (χ0n) is 18.0. The van der Waals surface area contributed by atoms with Gasteiger partial charge in [0.2, 0.25) is 0 Å². The Kier molecular flexibility index (Phi) is 6.64. The van der Waals surface area contributed by atoms with Gasteiger partial charge in [0.1, 0.15) is 17.1 Å². The minimum atomic E-state index is -0.817. The number of likely N-dealkylation sites (tertiary alicyclic amines) is 1. The predicted octanol–water partition coefficient (Wildman–Crippen LogP) is 3.14. The Hall–Kier alpha value is -3.79. The Labute approximate surface area is 189 Å². The normalized spacial score (nSPS) is 14.7. The average molecular weight is 453 g/mol. The number of carbonyl (C=O) groups excluding carboxylic acids is 1. The third-order valence-electron chi connectivity index (χ3n) is 5.73. The smallest absolute Gasteiger partial charge is 0.317 e. The van der Waals surface area contributed by atoms with E-state index in [1.165, 1.54) is 25.4 Å². The van der Waals surface area contributed by atoms with Crippen molar-refractivity contribution in [1.29, 1.82) is 0 Å². The maximum atomic E-state index is 14.2. The SMILES string of the molecule is COc1cc(C2CCN(CC(=O)O)CC2)ccc1NC(=O)c1ccc(F)c(-c2ccn[nH]2)n1. The lowest BCUT2D eigenvalue weighted by Crippen LogP contribution is -2.36. The second-order valence-corrected chi connectivity index (χ2v) is 7.86. The van der Waals surface area contributed by atoms with E-state index in [1.54, 1.807) is 12.1 Å². The van der Waals surface area contributed by atoms with E-state index in [-0.39, 0.29) is 23.9 Å². The summed E-state index contributed by atoms with van der Waals surface area (Å²) < 4.78 is 19.6. The number of anilines is 1. The third-order valence-corrected chi connectivity index (χ3v) is 5.73. The first kappa shape index (κ1) is 22.4. The number of aliphatic carboxylic acids is 1. The van der Waals surface area contributed by atoms with Crippen molar-refractivity contribution < 1.29 is 23.8 Å². The van der Waals surface area contributed by atoms with Crippen molar-refractivity contribution in [3.05, 3.63) is 59.7 Å².